The van der Waals surface area contributed by atoms with E-state index < -0.39 is 0 Å². The van der Waals surface area contributed by atoms with E-state index in [9.17, 15) is 4.79 Å². The molecule has 0 aliphatic carbocycles. The minimum Gasteiger partial charge on any atom is -0.496 e. The van der Waals surface area contributed by atoms with Gasteiger partial charge in [0.05, 0.1) is 12.0 Å². The lowest BCUT2D eigenvalue weighted by Gasteiger charge is -2.14. The Bertz CT molecular complexity index is 553. The predicted molar refractivity (Wildman–Crippen MR) is 75.5 cm³/mol. The molecule has 4 nitrogen and oxygen atoms in total. The van der Waals surface area contributed by atoms with Gasteiger partial charge in [0.25, 0.3) is 5.91 Å². The van der Waals surface area contributed by atoms with E-state index in [2.05, 4.69) is 20.9 Å². The van der Waals surface area contributed by atoms with Gasteiger partial charge in [0.1, 0.15) is 11.6 Å². The van der Waals surface area contributed by atoms with Gasteiger partial charge in [-0.3, -0.25) is 9.69 Å². The molecular formula is C12H11BrN2O2S. The molecule has 2 rings (SSSR count). The van der Waals surface area contributed by atoms with Gasteiger partial charge in [-0.1, -0.05) is 0 Å². The zero-order chi connectivity index (χ0) is 13.1. The molecule has 94 valence electrons. The maximum Gasteiger partial charge on any atom is 0.269 e. The first-order valence-corrected chi connectivity index (χ1v) is 6.81. The molecule has 6 heteroatoms. The van der Waals surface area contributed by atoms with Gasteiger partial charge >= 0.3 is 0 Å². The Labute approximate surface area is 117 Å². The Morgan fingerprint density at radius 2 is 2.28 bits per heavy atom. The van der Waals surface area contributed by atoms with Crippen molar-refractivity contribution >= 4 is 39.0 Å². The maximum atomic E-state index is 12.2. The van der Waals surface area contributed by atoms with Crippen LogP contribution >= 0.6 is 27.3 Å². The molecular weight excluding hydrogens is 316 g/mol. The number of amides is 1. The molecule has 0 saturated heterocycles. The van der Waals surface area contributed by atoms with Crippen LogP contribution in [0.5, 0.6) is 5.75 Å². The van der Waals surface area contributed by atoms with E-state index in [1.54, 1.807) is 37.9 Å². The van der Waals surface area contributed by atoms with Gasteiger partial charge in [-0.05, 0) is 28.1 Å². The van der Waals surface area contributed by atoms with E-state index in [0.29, 0.717) is 16.4 Å². The van der Waals surface area contributed by atoms with Crippen LogP contribution in [-0.4, -0.2) is 25.0 Å². The Morgan fingerprint density at radius 3 is 2.83 bits per heavy atom. The largest absolute Gasteiger partial charge is 0.496 e. The van der Waals surface area contributed by atoms with Crippen molar-refractivity contribution in [1.82, 2.24) is 4.98 Å². The molecule has 2 aromatic heterocycles. The van der Waals surface area contributed by atoms with Crippen LogP contribution in [0.3, 0.4) is 0 Å². The zero-order valence-electron chi connectivity index (χ0n) is 9.88. The summed E-state index contributed by atoms with van der Waals surface area (Å²) in [7, 11) is 3.28. The summed E-state index contributed by atoms with van der Waals surface area (Å²) in [5, 5.41) is 1.80. The molecule has 1 amide bonds. The fourth-order valence-electron chi connectivity index (χ4n) is 1.37. The highest BCUT2D eigenvalue weighted by atomic mass is 79.9. The molecule has 0 aliphatic heterocycles. The van der Waals surface area contributed by atoms with Crippen molar-refractivity contribution < 1.29 is 9.53 Å². The smallest absolute Gasteiger partial charge is 0.269 e. The molecule has 0 saturated carbocycles. The molecule has 18 heavy (non-hydrogen) atoms. The molecule has 0 radical (unpaired) electrons. The fraction of sp³-hybridized carbons (Fsp3) is 0.167. The SMILES string of the molecule is COc1csc(C(=O)N(C)c2ccc(Br)cn2)c1. The summed E-state index contributed by atoms with van der Waals surface area (Å²) >= 11 is 4.66. The number of aromatic nitrogens is 1. The lowest BCUT2D eigenvalue weighted by molar-refractivity contribution is 0.0996. The summed E-state index contributed by atoms with van der Waals surface area (Å²) in [6, 6.07) is 5.36. The Hall–Kier alpha value is -1.40. The molecule has 0 aliphatic rings. The lowest BCUT2D eigenvalue weighted by Crippen LogP contribution is -2.26. The third kappa shape index (κ3) is 2.70. The maximum absolute atomic E-state index is 12.2. The second-order valence-electron chi connectivity index (χ2n) is 3.55. The third-order valence-electron chi connectivity index (χ3n) is 2.38. The summed E-state index contributed by atoms with van der Waals surface area (Å²) in [5.74, 6) is 1.20. The van der Waals surface area contributed by atoms with Crippen molar-refractivity contribution in [2.45, 2.75) is 0 Å². The average molecular weight is 327 g/mol. The van der Waals surface area contributed by atoms with Crippen LogP contribution < -0.4 is 9.64 Å². The quantitative estimate of drug-likeness (QED) is 0.869. The molecule has 0 bridgehead atoms. The standard InChI is InChI=1S/C12H11BrN2O2S/c1-15(11-4-3-8(13)6-14-11)12(16)10-5-9(17-2)7-18-10/h3-7H,1-2H3. The first-order valence-electron chi connectivity index (χ1n) is 5.14. The van der Waals surface area contributed by atoms with Gasteiger partial charge in [-0.25, -0.2) is 4.98 Å². The first-order chi connectivity index (χ1) is 8.61. The number of carbonyl (C=O) groups is 1. The van der Waals surface area contributed by atoms with Gasteiger partial charge in [0, 0.05) is 29.2 Å². The van der Waals surface area contributed by atoms with E-state index in [4.69, 9.17) is 4.74 Å². The summed E-state index contributed by atoms with van der Waals surface area (Å²) in [5.41, 5.74) is 0. The first kappa shape index (κ1) is 13.0. The van der Waals surface area contributed by atoms with Gasteiger partial charge in [-0.15, -0.1) is 11.3 Å². The van der Waals surface area contributed by atoms with Gasteiger partial charge in [0.15, 0.2) is 0 Å². The van der Waals surface area contributed by atoms with Crippen LogP contribution in [0.15, 0.2) is 34.2 Å². The summed E-state index contributed by atoms with van der Waals surface area (Å²) in [6.45, 7) is 0. The molecule has 0 unspecified atom stereocenters. The van der Waals surface area contributed by atoms with Crippen LogP contribution in [0.25, 0.3) is 0 Å². The van der Waals surface area contributed by atoms with E-state index in [1.807, 2.05) is 6.07 Å². The Morgan fingerprint density at radius 1 is 1.50 bits per heavy atom. The van der Waals surface area contributed by atoms with Crippen LogP contribution in [0.2, 0.25) is 0 Å². The monoisotopic (exact) mass is 326 g/mol. The fourth-order valence-corrected chi connectivity index (χ4v) is 2.44. The highest BCUT2D eigenvalue weighted by Gasteiger charge is 2.16. The van der Waals surface area contributed by atoms with Gasteiger partial charge < -0.3 is 4.74 Å². The molecule has 0 fully saturated rings. The minimum atomic E-state index is -0.0990. The number of hydrogen-bond acceptors (Lipinski definition) is 4. The highest BCUT2D eigenvalue weighted by molar-refractivity contribution is 9.10. The number of thiophene rings is 1. The van der Waals surface area contributed by atoms with E-state index >= 15 is 0 Å². The number of nitrogens with zero attached hydrogens (tertiary/aromatic N) is 2. The van der Waals surface area contributed by atoms with Gasteiger partial charge in [-0.2, -0.15) is 0 Å². The number of ether oxygens (including phenoxy) is 1. The number of methoxy groups -OCH3 is 1. The van der Waals surface area contributed by atoms with Crippen LogP contribution in [0.1, 0.15) is 9.67 Å². The second kappa shape index (κ2) is 5.49. The zero-order valence-corrected chi connectivity index (χ0v) is 12.3. The Balaban J connectivity index is 2.20. The number of pyridine rings is 1. The van der Waals surface area contributed by atoms with Crippen molar-refractivity contribution in [2.24, 2.45) is 0 Å². The van der Waals surface area contributed by atoms with E-state index in [-0.39, 0.29) is 5.91 Å². The van der Waals surface area contributed by atoms with Crippen LogP contribution in [0, 0.1) is 0 Å². The van der Waals surface area contributed by atoms with E-state index in [0.717, 1.165) is 4.47 Å². The van der Waals surface area contributed by atoms with Crippen molar-refractivity contribution in [2.75, 3.05) is 19.1 Å². The number of halogens is 1. The highest BCUT2D eigenvalue weighted by Crippen LogP contribution is 2.24. The lowest BCUT2D eigenvalue weighted by atomic mass is 10.3. The molecule has 2 aromatic rings. The normalized spacial score (nSPS) is 10.2. The van der Waals surface area contributed by atoms with E-state index in [1.165, 1.54) is 16.2 Å². The number of rotatable bonds is 3. The molecule has 0 atom stereocenters. The average Bonchev–Trinajstić information content (AvgIpc) is 2.86. The molecule has 0 N–H and O–H groups in total. The van der Waals surface area contributed by atoms with Gasteiger partial charge in [0.2, 0.25) is 0 Å². The minimum absolute atomic E-state index is 0.0990. The predicted octanol–water partition coefficient (Wildman–Crippen LogP) is 3.19. The number of carbonyl (C=O) groups excluding carboxylic acids is 1. The van der Waals surface area contributed by atoms with Crippen LogP contribution in [0.4, 0.5) is 5.82 Å². The number of hydrogen-bond donors (Lipinski definition) is 0. The number of anilines is 1. The van der Waals surface area contributed by atoms with Crippen molar-refractivity contribution in [3.8, 4) is 5.75 Å². The second-order valence-corrected chi connectivity index (χ2v) is 5.38. The van der Waals surface area contributed by atoms with Crippen LogP contribution in [-0.2, 0) is 0 Å². The molecule has 0 spiro atoms. The van der Waals surface area contributed by atoms with Crippen molar-refractivity contribution in [1.29, 1.82) is 0 Å². The summed E-state index contributed by atoms with van der Waals surface area (Å²) in [4.78, 5) is 18.5. The third-order valence-corrected chi connectivity index (χ3v) is 3.75. The summed E-state index contributed by atoms with van der Waals surface area (Å²) < 4.78 is 5.94. The van der Waals surface area contributed by atoms with Crippen molar-refractivity contribution in [3.05, 3.63) is 39.1 Å². The topological polar surface area (TPSA) is 42.4 Å². The Kier molecular flexibility index (Phi) is 3.98. The molecule has 2 heterocycles. The van der Waals surface area contributed by atoms with Crippen molar-refractivity contribution in [3.63, 3.8) is 0 Å². The summed E-state index contributed by atoms with van der Waals surface area (Å²) in [6.07, 6.45) is 1.66. The molecule has 0 aromatic carbocycles.